The molecular weight excluding hydrogens is 660 g/mol. The molecule has 2 fully saturated rings. The number of methoxy groups -OCH3 is 1. The first-order valence-corrected chi connectivity index (χ1v) is 15.8. The lowest BCUT2D eigenvalue weighted by atomic mass is 9.96. The van der Waals surface area contributed by atoms with E-state index < -0.39 is 104 Å². The molecule has 48 heavy (non-hydrogen) atoms. The van der Waals surface area contributed by atoms with Crippen molar-refractivity contribution in [2.75, 3.05) is 19.5 Å². The van der Waals surface area contributed by atoms with Crippen LogP contribution in [-0.2, 0) is 76.1 Å². The predicted octanol–water partition coefficient (Wildman–Crippen LogP) is 1.48. The maximum Gasteiger partial charge on any atom is 0.303 e. The summed E-state index contributed by atoms with van der Waals surface area (Å²) >= 11 is 1.36. The fraction of sp³-hybridized carbons (Fsp3) is 0.613. The second-order valence-electron chi connectivity index (χ2n) is 10.7. The molecule has 2 heterocycles. The third-order valence-corrected chi connectivity index (χ3v) is 7.93. The van der Waals surface area contributed by atoms with Crippen LogP contribution in [0.3, 0.4) is 0 Å². The zero-order valence-corrected chi connectivity index (χ0v) is 28.3. The van der Waals surface area contributed by atoms with Crippen molar-refractivity contribution >= 4 is 47.6 Å². The Morgan fingerprint density at radius 3 is 1.54 bits per heavy atom. The second kappa shape index (κ2) is 18.1. The minimum Gasteiger partial charge on any atom is -0.463 e. The monoisotopic (exact) mass is 700 g/mol. The normalized spacial score (nSPS) is 29.9. The molecule has 0 radical (unpaired) electrons. The Hall–Kier alpha value is -3.77. The van der Waals surface area contributed by atoms with E-state index in [9.17, 15) is 28.8 Å². The van der Waals surface area contributed by atoms with Gasteiger partial charge in [-0.1, -0.05) is 18.2 Å². The highest BCUT2D eigenvalue weighted by Gasteiger charge is 2.57. The Kier molecular flexibility index (Phi) is 14.6. The molecule has 0 unspecified atom stereocenters. The van der Waals surface area contributed by atoms with Crippen LogP contribution in [-0.4, -0.2) is 117 Å². The number of ether oxygens (including phenoxy) is 10. The van der Waals surface area contributed by atoms with Gasteiger partial charge in [0.2, 0.25) is 0 Å². The van der Waals surface area contributed by atoms with E-state index in [0.29, 0.717) is 0 Å². The molecule has 0 N–H and O–H groups in total. The van der Waals surface area contributed by atoms with Gasteiger partial charge in [-0.3, -0.25) is 28.8 Å². The van der Waals surface area contributed by atoms with Gasteiger partial charge >= 0.3 is 35.8 Å². The molecule has 0 saturated carbocycles. The van der Waals surface area contributed by atoms with E-state index in [0.717, 1.165) is 46.4 Å². The number of thioether (sulfide) groups is 1. The van der Waals surface area contributed by atoms with Gasteiger partial charge < -0.3 is 47.4 Å². The molecule has 1 aromatic rings. The summed E-state index contributed by atoms with van der Waals surface area (Å²) in [6.45, 7) is 6.18. The third kappa shape index (κ3) is 11.2. The molecule has 0 aliphatic carbocycles. The average molecular weight is 701 g/mol. The molecule has 2 aliphatic heterocycles. The Balaban J connectivity index is 2.13. The summed E-state index contributed by atoms with van der Waals surface area (Å²) in [6, 6.07) is 9.25. The molecule has 2 aliphatic rings. The van der Waals surface area contributed by atoms with Crippen LogP contribution < -0.4 is 0 Å². The van der Waals surface area contributed by atoms with E-state index in [2.05, 4.69) is 0 Å². The lowest BCUT2D eigenvalue weighted by molar-refractivity contribution is -0.355. The van der Waals surface area contributed by atoms with Gasteiger partial charge in [-0.25, -0.2) is 0 Å². The van der Waals surface area contributed by atoms with Crippen LogP contribution in [0.2, 0.25) is 0 Å². The smallest absolute Gasteiger partial charge is 0.303 e. The number of carbonyl (C=O) groups is 6. The first kappa shape index (κ1) is 38.7. The fourth-order valence-electron chi connectivity index (χ4n) is 5.16. The summed E-state index contributed by atoms with van der Waals surface area (Å²) in [5.74, 6) is -4.53. The Morgan fingerprint density at radius 1 is 0.583 bits per heavy atom. The second-order valence-corrected chi connectivity index (χ2v) is 11.8. The summed E-state index contributed by atoms with van der Waals surface area (Å²) < 4.78 is 57.0. The zero-order chi connectivity index (χ0) is 35.5. The van der Waals surface area contributed by atoms with Crippen LogP contribution in [0.25, 0.3) is 0 Å². The lowest BCUT2D eigenvalue weighted by Gasteiger charge is -2.48. The average Bonchev–Trinajstić information content (AvgIpc) is 2.99. The summed E-state index contributed by atoms with van der Waals surface area (Å²) in [6.07, 6.45) is -13.7. The van der Waals surface area contributed by atoms with Gasteiger partial charge in [0, 0.05) is 59.3 Å². The molecule has 0 aromatic heterocycles. The van der Waals surface area contributed by atoms with Crippen molar-refractivity contribution in [1.29, 1.82) is 0 Å². The number of esters is 6. The largest absolute Gasteiger partial charge is 0.463 e. The molecule has 3 rings (SSSR count). The summed E-state index contributed by atoms with van der Waals surface area (Å²) in [5.41, 5.74) is 0. The highest BCUT2D eigenvalue weighted by Crippen LogP contribution is 2.36. The quantitative estimate of drug-likeness (QED) is 0.163. The van der Waals surface area contributed by atoms with Crippen LogP contribution in [0.15, 0.2) is 35.2 Å². The Bertz CT molecular complexity index is 1290. The van der Waals surface area contributed by atoms with Crippen molar-refractivity contribution in [3.63, 3.8) is 0 Å². The van der Waals surface area contributed by atoms with E-state index in [1.165, 1.54) is 18.9 Å². The van der Waals surface area contributed by atoms with E-state index in [1.807, 2.05) is 30.3 Å². The maximum absolute atomic E-state index is 12.4. The fourth-order valence-corrected chi connectivity index (χ4v) is 6.13. The number of hydrogen-bond donors (Lipinski definition) is 0. The van der Waals surface area contributed by atoms with Gasteiger partial charge in [-0.2, -0.15) is 0 Å². The predicted molar refractivity (Wildman–Crippen MR) is 161 cm³/mol. The van der Waals surface area contributed by atoms with Crippen LogP contribution in [0.1, 0.15) is 41.5 Å². The van der Waals surface area contributed by atoms with Gasteiger partial charge in [0.05, 0.1) is 0 Å². The first-order chi connectivity index (χ1) is 22.7. The van der Waals surface area contributed by atoms with Gasteiger partial charge in [-0.15, -0.1) is 11.8 Å². The molecule has 2 saturated heterocycles. The molecule has 266 valence electrons. The molecule has 0 bridgehead atoms. The van der Waals surface area contributed by atoms with Gasteiger partial charge in [0.25, 0.3) is 0 Å². The van der Waals surface area contributed by atoms with Gasteiger partial charge in [-0.05, 0) is 12.1 Å². The number of carbonyl (C=O) groups excluding carboxylic acids is 6. The summed E-state index contributed by atoms with van der Waals surface area (Å²) in [4.78, 5) is 74.0. The minimum absolute atomic E-state index is 0.171. The van der Waals surface area contributed by atoms with E-state index in [4.69, 9.17) is 47.4 Å². The first-order valence-electron chi connectivity index (χ1n) is 14.9. The van der Waals surface area contributed by atoms with Crippen LogP contribution in [0.4, 0.5) is 0 Å². The van der Waals surface area contributed by atoms with Crippen molar-refractivity contribution < 1.29 is 76.1 Å². The highest BCUT2D eigenvalue weighted by molar-refractivity contribution is 7.99. The minimum atomic E-state index is -1.65. The van der Waals surface area contributed by atoms with E-state index in [-0.39, 0.29) is 5.75 Å². The van der Waals surface area contributed by atoms with Crippen molar-refractivity contribution in [3.05, 3.63) is 30.3 Å². The molecule has 10 atom stereocenters. The molecule has 0 spiro atoms. The van der Waals surface area contributed by atoms with Crippen LogP contribution >= 0.6 is 11.8 Å². The molecule has 0 amide bonds. The standard InChI is InChI=1S/C31H40O16S/c1-15(32)39-13-22-24(40-16(2)33)26(41-17(3)34)29(44-20(6)37)31(45-22)47-25-23(14-48-21-11-9-8-10-12-21)46-30(38-7)28(43-19(5)36)27(25)42-18(4)35/h8-12,22-31H,13-14H2,1-7H3/t22-,23-,24-,25-,26+,27+,28-,29+,30+,31-/m1/s1. The summed E-state index contributed by atoms with van der Waals surface area (Å²) in [5, 5.41) is 0. The SMILES string of the molecule is CO[C@H]1O[C@H](CSc2ccccc2)[C@@H](O[C@H]2O[C@H](COC(C)=O)[C@@H](OC(C)=O)[C@H](OC(C)=O)[C@@H]2OC(C)=O)[C@H](OC(C)=O)[C@H]1OC(C)=O. The molecular formula is C31H40O16S. The number of hydrogen-bond acceptors (Lipinski definition) is 17. The topological polar surface area (TPSA) is 195 Å². The van der Waals surface area contributed by atoms with Crippen molar-refractivity contribution in [2.24, 2.45) is 0 Å². The zero-order valence-electron chi connectivity index (χ0n) is 27.5. The van der Waals surface area contributed by atoms with Crippen molar-refractivity contribution in [2.45, 2.75) is 108 Å². The van der Waals surface area contributed by atoms with Crippen LogP contribution in [0.5, 0.6) is 0 Å². The van der Waals surface area contributed by atoms with Crippen molar-refractivity contribution in [1.82, 2.24) is 0 Å². The summed E-state index contributed by atoms with van der Waals surface area (Å²) in [7, 11) is 1.31. The highest BCUT2D eigenvalue weighted by atomic mass is 32.2. The van der Waals surface area contributed by atoms with Crippen molar-refractivity contribution in [3.8, 4) is 0 Å². The molecule has 16 nitrogen and oxygen atoms in total. The van der Waals surface area contributed by atoms with Crippen LogP contribution in [0, 0.1) is 0 Å². The van der Waals surface area contributed by atoms with Gasteiger partial charge in [0.15, 0.2) is 43.1 Å². The Morgan fingerprint density at radius 2 is 1.04 bits per heavy atom. The van der Waals surface area contributed by atoms with E-state index in [1.54, 1.807) is 0 Å². The lowest BCUT2D eigenvalue weighted by Crippen LogP contribution is -2.67. The Labute approximate surface area is 281 Å². The molecule has 1 aromatic carbocycles. The van der Waals surface area contributed by atoms with E-state index >= 15 is 0 Å². The number of benzene rings is 1. The maximum atomic E-state index is 12.4. The number of rotatable bonds is 13. The van der Waals surface area contributed by atoms with Gasteiger partial charge in [0.1, 0.15) is 24.9 Å². The molecule has 17 heteroatoms. The third-order valence-electron chi connectivity index (χ3n) is 6.82.